The SMILES string of the molecule is CCCOC(=O)c1ccc(NC(=O)CNc2ccccc2C(C)C)cc1. The van der Waals surface area contributed by atoms with E-state index in [2.05, 4.69) is 30.5 Å². The van der Waals surface area contributed by atoms with Crippen molar-refractivity contribution in [3.05, 3.63) is 59.7 Å². The number of benzene rings is 2. The van der Waals surface area contributed by atoms with Crippen molar-refractivity contribution < 1.29 is 14.3 Å². The first-order chi connectivity index (χ1) is 12.5. The highest BCUT2D eigenvalue weighted by Crippen LogP contribution is 2.23. The molecule has 5 heteroatoms. The van der Waals surface area contributed by atoms with Crippen LogP contribution in [0.4, 0.5) is 11.4 Å². The van der Waals surface area contributed by atoms with Gasteiger partial charge in [-0.3, -0.25) is 4.79 Å². The van der Waals surface area contributed by atoms with E-state index in [9.17, 15) is 9.59 Å². The van der Waals surface area contributed by atoms with Crippen LogP contribution in [0, 0.1) is 0 Å². The average molecular weight is 354 g/mol. The van der Waals surface area contributed by atoms with Gasteiger partial charge in [-0.1, -0.05) is 39.0 Å². The molecule has 5 nitrogen and oxygen atoms in total. The van der Waals surface area contributed by atoms with Crippen molar-refractivity contribution >= 4 is 23.3 Å². The highest BCUT2D eigenvalue weighted by molar-refractivity contribution is 5.95. The first-order valence-corrected chi connectivity index (χ1v) is 8.91. The largest absolute Gasteiger partial charge is 0.462 e. The molecule has 0 aliphatic rings. The standard InChI is InChI=1S/C21H26N2O3/c1-4-13-26-21(25)16-9-11-17(12-10-16)23-20(24)14-22-19-8-6-5-7-18(19)15(2)3/h5-12,15,22H,4,13-14H2,1-3H3,(H,23,24). The number of carbonyl (C=O) groups excluding carboxylic acids is 2. The van der Waals surface area contributed by atoms with Crippen LogP contribution in [0.25, 0.3) is 0 Å². The summed E-state index contributed by atoms with van der Waals surface area (Å²) in [6.45, 7) is 6.76. The predicted octanol–water partition coefficient (Wildman–Crippen LogP) is 4.43. The number of hydrogen-bond acceptors (Lipinski definition) is 4. The van der Waals surface area contributed by atoms with Crippen LogP contribution in [-0.2, 0) is 9.53 Å². The van der Waals surface area contributed by atoms with Crippen molar-refractivity contribution in [2.75, 3.05) is 23.8 Å². The van der Waals surface area contributed by atoms with Crippen LogP contribution in [-0.4, -0.2) is 25.0 Å². The van der Waals surface area contributed by atoms with E-state index in [1.807, 2.05) is 25.1 Å². The van der Waals surface area contributed by atoms with Gasteiger partial charge in [-0.05, 0) is 48.2 Å². The molecule has 0 fully saturated rings. The van der Waals surface area contributed by atoms with Gasteiger partial charge in [0.05, 0.1) is 18.7 Å². The van der Waals surface area contributed by atoms with Crippen LogP contribution in [0.15, 0.2) is 48.5 Å². The molecule has 2 N–H and O–H groups in total. The van der Waals surface area contributed by atoms with Gasteiger partial charge in [-0.15, -0.1) is 0 Å². The molecule has 0 aliphatic heterocycles. The fourth-order valence-electron chi connectivity index (χ4n) is 2.51. The Morgan fingerprint density at radius 3 is 2.38 bits per heavy atom. The van der Waals surface area contributed by atoms with Crippen LogP contribution >= 0.6 is 0 Å². The fourth-order valence-corrected chi connectivity index (χ4v) is 2.51. The second-order valence-electron chi connectivity index (χ2n) is 6.36. The van der Waals surface area contributed by atoms with Gasteiger partial charge in [-0.25, -0.2) is 4.79 Å². The molecule has 0 aromatic heterocycles. The van der Waals surface area contributed by atoms with E-state index < -0.39 is 0 Å². The third-order valence-electron chi connectivity index (χ3n) is 3.86. The molecule has 0 spiro atoms. The normalized spacial score (nSPS) is 10.5. The van der Waals surface area contributed by atoms with Crippen molar-refractivity contribution in [3.63, 3.8) is 0 Å². The van der Waals surface area contributed by atoms with Crippen LogP contribution in [0.5, 0.6) is 0 Å². The van der Waals surface area contributed by atoms with Crippen molar-refractivity contribution in [2.45, 2.75) is 33.1 Å². The molecule has 0 radical (unpaired) electrons. The van der Waals surface area contributed by atoms with E-state index in [0.717, 1.165) is 12.1 Å². The number of ether oxygens (including phenoxy) is 1. The van der Waals surface area contributed by atoms with Gasteiger partial charge in [0.1, 0.15) is 0 Å². The second kappa shape index (κ2) is 9.61. The third kappa shape index (κ3) is 5.62. The Morgan fingerprint density at radius 2 is 1.73 bits per heavy atom. The summed E-state index contributed by atoms with van der Waals surface area (Å²) in [5.41, 5.74) is 3.25. The zero-order chi connectivity index (χ0) is 18.9. The highest BCUT2D eigenvalue weighted by Gasteiger charge is 2.09. The summed E-state index contributed by atoms with van der Waals surface area (Å²) in [4.78, 5) is 23.9. The Balaban J connectivity index is 1.89. The maximum atomic E-state index is 12.2. The zero-order valence-corrected chi connectivity index (χ0v) is 15.5. The Morgan fingerprint density at radius 1 is 1.04 bits per heavy atom. The number of amides is 1. The maximum Gasteiger partial charge on any atom is 0.338 e. The Hall–Kier alpha value is -2.82. The Labute approximate surface area is 154 Å². The van der Waals surface area contributed by atoms with Crippen molar-refractivity contribution in [3.8, 4) is 0 Å². The number of para-hydroxylation sites is 1. The van der Waals surface area contributed by atoms with Gasteiger partial charge in [-0.2, -0.15) is 0 Å². The number of carbonyl (C=O) groups is 2. The van der Waals surface area contributed by atoms with Crippen molar-refractivity contribution in [1.29, 1.82) is 0 Å². The molecule has 1 amide bonds. The van der Waals surface area contributed by atoms with Crippen molar-refractivity contribution in [1.82, 2.24) is 0 Å². The summed E-state index contributed by atoms with van der Waals surface area (Å²) in [6, 6.07) is 14.7. The molecular weight excluding hydrogens is 328 g/mol. The molecule has 2 aromatic carbocycles. The second-order valence-corrected chi connectivity index (χ2v) is 6.36. The van der Waals surface area contributed by atoms with Crippen LogP contribution in [0.3, 0.4) is 0 Å². The first-order valence-electron chi connectivity index (χ1n) is 8.91. The molecule has 138 valence electrons. The van der Waals surface area contributed by atoms with Crippen LogP contribution in [0.1, 0.15) is 49.0 Å². The van der Waals surface area contributed by atoms with E-state index in [1.165, 1.54) is 5.56 Å². The molecule has 0 saturated heterocycles. The van der Waals surface area contributed by atoms with E-state index in [-0.39, 0.29) is 18.4 Å². The van der Waals surface area contributed by atoms with E-state index in [0.29, 0.717) is 23.8 Å². The molecule has 0 bridgehead atoms. The molecule has 26 heavy (non-hydrogen) atoms. The van der Waals surface area contributed by atoms with Crippen LogP contribution in [0.2, 0.25) is 0 Å². The van der Waals surface area contributed by atoms with Crippen molar-refractivity contribution in [2.24, 2.45) is 0 Å². The fraction of sp³-hybridized carbons (Fsp3) is 0.333. The third-order valence-corrected chi connectivity index (χ3v) is 3.86. The summed E-state index contributed by atoms with van der Waals surface area (Å²) >= 11 is 0. The summed E-state index contributed by atoms with van der Waals surface area (Å²) in [6.07, 6.45) is 0.785. The van der Waals surface area contributed by atoms with E-state index >= 15 is 0 Å². The summed E-state index contributed by atoms with van der Waals surface area (Å²) in [5, 5.41) is 6.00. The molecular formula is C21H26N2O3. The zero-order valence-electron chi connectivity index (χ0n) is 15.5. The predicted molar refractivity (Wildman–Crippen MR) is 105 cm³/mol. The molecule has 0 saturated carbocycles. The Bertz CT molecular complexity index is 739. The highest BCUT2D eigenvalue weighted by atomic mass is 16.5. The summed E-state index contributed by atoms with van der Waals surface area (Å²) < 4.78 is 5.08. The monoisotopic (exact) mass is 354 g/mol. The maximum absolute atomic E-state index is 12.2. The van der Waals surface area contributed by atoms with Gasteiger partial charge in [0.15, 0.2) is 0 Å². The molecule has 2 aromatic rings. The first kappa shape index (κ1) is 19.5. The molecule has 0 atom stereocenters. The van der Waals surface area contributed by atoms with Gasteiger partial charge in [0.2, 0.25) is 5.91 Å². The number of anilines is 2. The minimum Gasteiger partial charge on any atom is -0.462 e. The lowest BCUT2D eigenvalue weighted by Gasteiger charge is -2.14. The average Bonchev–Trinajstić information content (AvgIpc) is 2.65. The van der Waals surface area contributed by atoms with E-state index in [1.54, 1.807) is 24.3 Å². The quantitative estimate of drug-likeness (QED) is 0.688. The molecule has 0 heterocycles. The van der Waals surface area contributed by atoms with Crippen LogP contribution < -0.4 is 10.6 Å². The van der Waals surface area contributed by atoms with Gasteiger partial charge < -0.3 is 15.4 Å². The van der Waals surface area contributed by atoms with E-state index in [4.69, 9.17) is 4.74 Å². The molecule has 0 aliphatic carbocycles. The minimum atomic E-state index is -0.350. The smallest absolute Gasteiger partial charge is 0.338 e. The molecule has 0 unspecified atom stereocenters. The van der Waals surface area contributed by atoms with Gasteiger partial charge in [0.25, 0.3) is 0 Å². The van der Waals surface area contributed by atoms with Gasteiger partial charge in [0, 0.05) is 11.4 Å². The van der Waals surface area contributed by atoms with Gasteiger partial charge >= 0.3 is 5.97 Å². The lowest BCUT2D eigenvalue weighted by molar-refractivity contribution is -0.114. The lowest BCUT2D eigenvalue weighted by Crippen LogP contribution is -2.22. The number of rotatable bonds is 8. The number of esters is 1. The Kier molecular flexibility index (Phi) is 7.21. The number of nitrogens with one attached hydrogen (secondary N) is 2. The topological polar surface area (TPSA) is 67.4 Å². The number of hydrogen-bond donors (Lipinski definition) is 2. The summed E-state index contributed by atoms with van der Waals surface area (Å²) in [7, 11) is 0. The molecule has 2 rings (SSSR count). The summed E-state index contributed by atoms with van der Waals surface area (Å²) in [5.74, 6) is -0.122. The minimum absolute atomic E-state index is 0.148. The lowest BCUT2D eigenvalue weighted by atomic mass is 10.0.